The summed E-state index contributed by atoms with van der Waals surface area (Å²) in [5.74, 6) is 1.26. The number of halogens is 1. The Hall–Kier alpha value is -1.22. The lowest BCUT2D eigenvalue weighted by molar-refractivity contribution is 0.0900. The van der Waals surface area contributed by atoms with Crippen molar-refractivity contribution in [1.29, 1.82) is 0 Å². The topological polar surface area (TPSA) is 41.1 Å². The van der Waals surface area contributed by atoms with Gasteiger partial charge in [0.2, 0.25) is 0 Å². The smallest absolute Gasteiger partial charge is 0.253 e. The highest BCUT2D eigenvalue weighted by Crippen LogP contribution is 2.29. The number of amides is 1. The van der Waals surface area contributed by atoms with E-state index in [0.717, 1.165) is 24.6 Å². The molecule has 116 valence electrons. The molecule has 0 bridgehead atoms. The molecule has 1 amide bonds. The van der Waals surface area contributed by atoms with Crippen molar-refractivity contribution in [2.45, 2.75) is 46.1 Å². The molecule has 21 heavy (non-hydrogen) atoms. The average Bonchev–Trinajstić information content (AvgIpc) is 2.44. The summed E-state index contributed by atoms with van der Waals surface area (Å²) >= 11 is 6.04. The van der Waals surface area contributed by atoms with Crippen LogP contribution in [0.1, 0.15) is 50.4 Å². The van der Waals surface area contributed by atoms with Gasteiger partial charge in [-0.25, -0.2) is 0 Å². The fourth-order valence-electron chi connectivity index (χ4n) is 3.17. The van der Waals surface area contributed by atoms with Crippen LogP contribution in [0.15, 0.2) is 18.2 Å². The van der Waals surface area contributed by atoms with Gasteiger partial charge in [0, 0.05) is 23.3 Å². The second-order valence-corrected chi connectivity index (χ2v) is 6.63. The highest BCUT2D eigenvalue weighted by molar-refractivity contribution is 6.31. The molecule has 1 saturated carbocycles. The number of carbonyl (C=O) groups is 1. The molecule has 2 rings (SSSR count). The Kier molecular flexibility index (Phi) is 5.51. The number of benzene rings is 1. The van der Waals surface area contributed by atoms with Crippen LogP contribution in [0, 0.1) is 11.8 Å². The summed E-state index contributed by atoms with van der Waals surface area (Å²) in [4.78, 5) is 12.6. The summed E-state index contributed by atoms with van der Waals surface area (Å²) in [6.07, 6.45) is 3.43. The van der Waals surface area contributed by atoms with Crippen molar-refractivity contribution in [3.63, 3.8) is 0 Å². The Morgan fingerprint density at radius 3 is 2.76 bits per heavy atom. The van der Waals surface area contributed by atoms with Gasteiger partial charge in [-0.1, -0.05) is 25.4 Å². The number of nitrogens with one attached hydrogen (secondary N) is 2. The molecule has 1 aliphatic carbocycles. The highest BCUT2D eigenvalue weighted by Gasteiger charge is 2.27. The van der Waals surface area contributed by atoms with Crippen LogP contribution in [-0.4, -0.2) is 18.5 Å². The van der Waals surface area contributed by atoms with Crippen molar-refractivity contribution in [1.82, 2.24) is 5.32 Å². The van der Waals surface area contributed by atoms with Crippen LogP contribution in [0.3, 0.4) is 0 Å². The second-order valence-electron chi connectivity index (χ2n) is 6.20. The van der Waals surface area contributed by atoms with Crippen LogP contribution < -0.4 is 10.6 Å². The van der Waals surface area contributed by atoms with Crippen molar-refractivity contribution in [2.24, 2.45) is 11.8 Å². The van der Waals surface area contributed by atoms with E-state index in [4.69, 9.17) is 11.6 Å². The number of anilines is 1. The van der Waals surface area contributed by atoms with Gasteiger partial charge in [-0.15, -0.1) is 0 Å². The van der Waals surface area contributed by atoms with Crippen LogP contribution in [0.2, 0.25) is 5.02 Å². The monoisotopic (exact) mass is 308 g/mol. The molecule has 0 saturated heterocycles. The molecule has 1 aromatic rings. The molecular formula is C17H25ClN2O. The number of hydrogen-bond donors (Lipinski definition) is 2. The van der Waals surface area contributed by atoms with E-state index in [1.54, 1.807) is 12.1 Å². The van der Waals surface area contributed by atoms with Gasteiger partial charge in [-0.3, -0.25) is 4.79 Å². The maximum atomic E-state index is 12.6. The SMILES string of the molecule is CCNc1ccc(Cl)cc1C(=O)NC1CCC(C)CC1C. The summed E-state index contributed by atoms with van der Waals surface area (Å²) in [7, 11) is 0. The standard InChI is InChI=1S/C17H25ClN2O/c1-4-19-16-8-6-13(18)10-14(16)17(21)20-15-7-5-11(2)9-12(15)3/h6,8,10-12,15,19H,4-5,7,9H2,1-3H3,(H,20,21). The molecule has 2 N–H and O–H groups in total. The zero-order valence-corrected chi connectivity index (χ0v) is 13.8. The summed E-state index contributed by atoms with van der Waals surface area (Å²) < 4.78 is 0. The molecule has 4 heteroatoms. The van der Waals surface area contributed by atoms with Gasteiger partial charge >= 0.3 is 0 Å². The first kappa shape index (κ1) is 16.2. The van der Waals surface area contributed by atoms with E-state index in [-0.39, 0.29) is 11.9 Å². The van der Waals surface area contributed by atoms with Crippen LogP contribution in [0.4, 0.5) is 5.69 Å². The largest absolute Gasteiger partial charge is 0.385 e. The lowest BCUT2D eigenvalue weighted by atomic mass is 9.80. The van der Waals surface area contributed by atoms with Gasteiger partial charge in [-0.2, -0.15) is 0 Å². The lowest BCUT2D eigenvalue weighted by Crippen LogP contribution is -2.42. The maximum absolute atomic E-state index is 12.6. The molecule has 3 atom stereocenters. The van der Waals surface area contributed by atoms with E-state index in [0.29, 0.717) is 16.5 Å². The van der Waals surface area contributed by atoms with Gasteiger partial charge in [-0.05, 0) is 56.2 Å². The summed E-state index contributed by atoms with van der Waals surface area (Å²) in [5.41, 5.74) is 1.48. The fourth-order valence-corrected chi connectivity index (χ4v) is 3.35. The van der Waals surface area contributed by atoms with Gasteiger partial charge in [0.1, 0.15) is 0 Å². The minimum absolute atomic E-state index is 0.0279. The maximum Gasteiger partial charge on any atom is 0.253 e. The molecule has 1 aliphatic rings. The Labute approximate surface area is 132 Å². The van der Waals surface area contributed by atoms with Crippen LogP contribution in [0.5, 0.6) is 0 Å². The molecule has 0 spiro atoms. The Morgan fingerprint density at radius 2 is 2.10 bits per heavy atom. The Morgan fingerprint density at radius 1 is 1.33 bits per heavy atom. The lowest BCUT2D eigenvalue weighted by Gasteiger charge is -2.33. The van der Waals surface area contributed by atoms with Crippen molar-refractivity contribution in [3.05, 3.63) is 28.8 Å². The molecule has 1 aromatic carbocycles. The Bertz CT molecular complexity index is 504. The van der Waals surface area contributed by atoms with Gasteiger partial charge in [0.05, 0.1) is 5.56 Å². The molecule has 0 heterocycles. The zero-order valence-electron chi connectivity index (χ0n) is 13.1. The number of carbonyl (C=O) groups excluding carboxylic acids is 1. The highest BCUT2D eigenvalue weighted by atomic mass is 35.5. The Balaban J connectivity index is 2.11. The minimum atomic E-state index is -0.0279. The quantitative estimate of drug-likeness (QED) is 0.869. The third-order valence-corrected chi connectivity index (χ3v) is 4.58. The first-order valence-electron chi connectivity index (χ1n) is 7.85. The van der Waals surface area contributed by atoms with E-state index < -0.39 is 0 Å². The molecule has 0 radical (unpaired) electrons. The first-order valence-corrected chi connectivity index (χ1v) is 8.23. The minimum Gasteiger partial charge on any atom is -0.385 e. The summed E-state index contributed by atoms with van der Waals surface area (Å²) in [6.45, 7) is 7.30. The van der Waals surface area contributed by atoms with E-state index in [9.17, 15) is 4.79 Å². The molecule has 3 unspecified atom stereocenters. The second kappa shape index (κ2) is 7.17. The van der Waals surface area contributed by atoms with E-state index in [1.807, 2.05) is 13.0 Å². The third kappa shape index (κ3) is 4.13. The van der Waals surface area contributed by atoms with Crippen LogP contribution >= 0.6 is 11.6 Å². The van der Waals surface area contributed by atoms with Crippen LogP contribution in [-0.2, 0) is 0 Å². The zero-order chi connectivity index (χ0) is 15.4. The van der Waals surface area contributed by atoms with E-state index in [2.05, 4.69) is 24.5 Å². The normalized spacial score (nSPS) is 25.4. The molecule has 0 aromatic heterocycles. The first-order chi connectivity index (χ1) is 10.0. The number of rotatable bonds is 4. The van der Waals surface area contributed by atoms with Crippen molar-refractivity contribution in [2.75, 3.05) is 11.9 Å². The average molecular weight is 309 g/mol. The van der Waals surface area contributed by atoms with Gasteiger partial charge in [0.15, 0.2) is 0 Å². The predicted molar refractivity (Wildman–Crippen MR) is 89.0 cm³/mol. The fraction of sp³-hybridized carbons (Fsp3) is 0.588. The van der Waals surface area contributed by atoms with Crippen molar-refractivity contribution < 1.29 is 4.79 Å². The van der Waals surface area contributed by atoms with Gasteiger partial charge < -0.3 is 10.6 Å². The number of hydrogen-bond acceptors (Lipinski definition) is 2. The van der Waals surface area contributed by atoms with Crippen LogP contribution in [0.25, 0.3) is 0 Å². The molecular weight excluding hydrogens is 284 g/mol. The third-order valence-electron chi connectivity index (χ3n) is 4.34. The molecule has 3 nitrogen and oxygen atoms in total. The van der Waals surface area contributed by atoms with Crippen molar-refractivity contribution >= 4 is 23.2 Å². The molecule has 0 aliphatic heterocycles. The predicted octanol–water partition coefficient (Wildman–Crippen LogP) is 4.33. The summed E-state index contributed by atoms with van der Waals surface area (Å²) in [5, 5.41) is 7.00. The van der Waals surface area contributed by atoms with E-state index >= 15 is 0 Å². The van der Waals surface area contributed by atoms with Gasteiger partial charge in [0.25, 0.3) is 5.91 Å². The van der Waals surface area contributed by atoms with E-state index in [1.165, 1.54) is 12.8 Å². The summed E-state index contributed by atoms with van der Waals surface area (Å²) in [6, 6.07) is 5.68. The van der Waals surface area contributed by atoms with Crippen molar-refractivity contribution in [3.8, 4) is 0 Å². The molecule has 1 fully saturated rings.